The third-order valence-corrected chi connectivity index (χ3v) is 4.34. The van der Waals surface area contributed by atoms with Crippen molar-refractivity contribution in [3.05, 3.63) is 59.2 Å². The number of benzene rings is 2. The molecule has 2 aromatic carbocycles. The highest BCUT2D eigenvalue weighted by atomic mass is 19.4. The highest BCUT2D eigenvalue weighted by molar-refractivity contribution is 6.01. The summed E-state index contributed by atoms with van der Waals surface area (Å²) in [4.78, 5) is 4.25. The van der Waals surface area contributed by atoms with Crippen LogP contribution in [0.3, 0.4) is 0 Å². The van der Waals surface area contributed by atoms with Crippen LogP contribution in [0.25, 0.3) is 0 Å². The predicted molar refractivity (Wildman–Crippen MR) is 94.9 cm³/mol. The average Bonchev–Trinajstić information content (AvgIpc) is 3.06. The van der Waals surface area contributed by atoms with Gasteiger partial charge in [0.15, 0.2) is 11.5 Å². The van der Waals surface area contributed by atoms with Gasteiger partial charge in [0.2, 0.25) is 0 Å². The molecule has 1 heterocycles. The van der Waals surface area contributed by atoms with Crippen molar-refractivity contribution in [2.24, 2.45) is 5.16 Å². The first-order valence-electron chi connectivity index (χ1n) is 8.42. The Bertz CT molecular complexity index is 886. The van der Waals surface area contributed by atoms with Gasteiger partial charge >= 0.3 is 12.0 Å². The van der Waals surface area contributed by atoms with Gasteiger partial charge in [-0.15, -0.1) is 0 Å². The number of nitrogens with zero attached hydrogens (tertiary/aromatic N) is 1. The van der Waals surface area contributed by atoms with Gasteiger partial charge in [0.25, 0.3) is 0 Å². The number of aliphatic hydroxyl groups is 1. The molecular formula is C19H19F3N2O4. The van der Waals surface area contributed by atoms with Crippen LogP contribution in [-0.2, 0) is 17.9 Å². The number of halogens is 3. The molecular weight excluding hydrogens is 377 g/mol. The SMILES string of the molecule is COc1c(O)cccc1CNCc1cccc(C2=NOC(O)(C(F)(F)F)C2)c1. The molecule has 0 bridgehead atoms. The molecule has 1 unspecified atom stereocenters. The maximum Gasteiger partial charge on any atom is 0.458 e. The van der Waals surface area contributed by atoms with Gasteiger partial charge in [-0.2, -0.15) is 13.2 Å². The quantitative estimate of drug-likeness (QED) is 0.699. The molecule has 2 aromatic rings. The molecule has 0 spiro atoms. The Hall–Kier alpha value is -2.78. The molecule has 9 heteroatoms. The van der Waals surface area contributed by atoms with Gasteiger partial charge in [0, 0.05) is 18.7 Å². The maximum absolute atomic E-state index is 12.8. The first-order chi connectivity index (χ1) is 13.2. The minimum absolute atomic E-state index is 0.0244. The van der Waals surface area contributed by atoms with E-state index in [2.05, 4.69) is 15.3 Å². The van der Waals surface area contributed by atoms with Gasteiger partial charge in [-0.3, -0.25) is 0 Å². The van der Waals surface area contributed by atoms with Gasteiger partial charge in [0.1, 0.15) is 0 Å². The number of aromatic hydroxyl groups is 1. The number of nitrogens with one attached hydrogen (secondary N) is 1. The molecule has 0 aromatic heterocycles. The maximum atomic E-state index is 12.8. The molecule has 6 nitrogen and oxygen atoms in total. The van der Waals surface area contributed by atoms with Crippen molar-refractivity contribution < 1.29 is 33.0 Å². The summed E-state index contributed by atoms with van der Waals surface area (Å²) in [5.41, 5.74) is 2.04. The van der Waals surface area contributed by atoms with Crippen molar-refractivity contribution in [3.8, 4) is 11.5 Å². The van der Waals surface area contributed by atoms with Crippen LogP contribution in [0.2, 0.25) is 0 Å². The topological polar surface area (TPSA) is 83.3 Å². The number of ether oxygens (including phenoxy) is 1. The molecule has 1 aliphatic heterocycles. The summed E-state index contributed by atoms with van der Waals surface area (Å²) < 4.78 is 43.7. The fourth-order valence-electron chi connectivity index (χ4n) is 2.88. The molecule has 1 atom stereocenters. The number of hydrogen-bond donors (Lipinski definition) is 3. The number of para-hydroxylation sites is 1. The molecule has 3 rings (SSSR count). The van der Waals surface area contributed by atoms with Crippen LogP contribution in [0.1, 0.15) is 23.1 Å². The van der Waals surface area contributed by atoms with Gasteiger partial charge in [0.05, 0.1) is 19.2 Å². The van der Waals surface area contributed by atoms with E-state index in [1.165, 1.54) is 13.2 Å². The lowest BCUT2D eigenvalue weighted by atomic mass is 10.0. The summed E-state index contributed by atoms with van der Waals surface area (Å²) in [5, 5.41) is 25.9. The summed E-state index contributed by atoms with van der Waals surface area (Å²) in [6, 6.07) is 11.8. The van der Waals surface area contributed by atoms with E-state index in [-0.39, 0.29) is 11.5 Å². The number of methoxy groups -OCH3 is 1. The Morgan fingerprint density at radius 1 is 1.21 bits per heavy atom. The van der Waals surface area contributed by atoms with Crippen molar-refractivity contribution in [2.45, 2.75) is 31.5 Å². The third kappa shape index (κ3) is 4.05. The van der Waals surface area contributed by atoms with Crippen molar-refractivity contribution in [3.63, 3.8) is 0 Å². The molecule has 28 heavy (non-hydrogen) atoms. The van der Waals surface area contributed by atoms with Crippen molar-refractivity contribution in [1.82, 2.24) is 5.32 Å². The largest absolute Gasteiger partial charge is 0.504 e. The Morgan fingerprint density at radius 2 is 1.96 bits per heavy atom. The first kappa shape index (κ1) is 20.0. The second-order valence-electron chi connectivity index (χ2n) is 6.36. The first-order valence-corrected chi connectivity index (χ1v) is 8.42. The zero-order valence-electron chi connectivity index (χ0n) is 15.0. The summed E-state index contributed by atoms with van der Waals surface area (Å²) in [5.74, 6) is -2.87. The molecule has 0 radical (unpaired) electrons. The van der Waals surface area contributed by atoms with E-state index in [0.717, 1.165) is 11.1 Å². The van der Waals surface area contributed by atoms with E-state index < -0.39 is 18.4 Å². The number of rotatable bonds is 6. The molecule has 0 saturated carbocycles. The van der Waals surface area contributed by atoms with Crippen molar-refractivity contribution >= 4 is 5.71 Å². The predicted octanol–water partition coefficient (Wildman–Crippen LogP) is 3.07. The van der Waals surface area contributed by atoms with Gasteiger partial charge in [-0.1, -0.05) is 35.5 Å². The Morgan fingerprint density at radius 3 is 2.64 bits per heavy atom. The molecule has 0 saturated heterocycles. The average molecular weight is 396 g/mol. The monoisotopic (exact) mass is 396 g/mol. The molecule has 3 N–H and O–H groups in total. The lowest BCUT2D eigenvalue weighted by Gasteiger charge is -2.22. The van der Waals surface area contributed by atoms with Crippen LogP contribution in [0.15, 0.2) is 47.6 Å². The minimum Gasteiger partial charge on any atom is -0.504 e. The van der Waals surface area contributed by atoms with E-state index >= 15 is 0 Å². The summed E-state index contributed by atoms with van der Waals surface area (Å²) in [7, 11) is 1.47. The third-order valence-electron chi connectivity index (χ3n) is 4.34. The fraction of sp³-hybridized carbons (Fsp3) is 0.316. The van der Waals surface area contributed by atoms with Crippen LogP contribution < -0.4 is 10.1 Å². The smallest absolute Gasteiger partial charge is 0.458 e. The Balaban J connectivity index is 1.65. The fourth-order valence-corrected chi connectivity index (χ4v) is 2.88. The number of alkyl halides is 3. The van der Waals surface area contributed by atoms with E-state index in [0.29, 0.717) is 24.4 Å². The molecule has 150 valence electrons. The molecule has 0 amide bonds. The summed E-state index contributed by atoms with van der Waals surface area (Å²) in [6.45, 7) is 0.837. The zero-order valence-corrected chi connectivity index (χ0v) is 15.0. The second-order valence-corrected chi connectivity index (χ2v) is 6.36. The summed E-state index contributed by atoms with van der Waals surface area (Å²) in [6.07, 6.45) is -5.70. The van der Waals surface area contributed by atoms with Crippen LogP contribution in [0.5, 0.6) is 11.5 Å². The Labute approximate surface area is 159 Å². The highest BCUT2D eigenvalue weighted by Gasteiger charge is 2.60. The van der Waals surface area contributed by atoms with Crippen molar-refractivity contribution in [1.29, 1.82) is 0 Å². The summed E-state index contributed by atoms with van der Waals surface area (Å²) >= 11 is 0. The number of phenols is 1. The van der Waals surface area contributed by atoms with E-state index in [9.17, 15) is 23.4 Å². The van der Waals surface area contributed by atoms with Gasteiger partial charge in [-0.25, -0.2) is 0 Å². The standard InChI is InChI=1S/C19H19F3N2O4/c1-27-17-14(6-3-7-16(17)25)11-23-10-12-4-2-5-13(8-12)15-9-18(26,28-24-15)19(20,21)22/h2-8,23,25-26H,9-11H2,1H3. The highest BCUT2D eigenvalue weighted by Crippen LogP contribution is 2.39. The molecule has 1 aliphatic rings. The van der Waals surface area contributed by atoms with Crippen LogP contribution in [0, 0.1) is 0 Å². The lowest BCUT2D eigenvalue weighted by molar-refractivity contribution is -0.355. The van der Waals surface area contributed by atoms with E-state index in [4.69, 9.17) is 4.74 Å². The second kappa shape index (κ2) is 7.69. The minimum atomic E-state index is -4.93. The number of phenolic OH excluding ortho intramolecular Hbond substituents is 1. The lowest BCUT2D eigenvalue weighted by Crippen LogP contribution is -2.45. The van der Waals surface area contributed by atoms with Crippen LogP contribution in [-0.4, -0.2) is 35.0 Å². The molecule has 0 fully saturated rings. The number of hydrogen-bond acceptors (Lipinski definition) is 6. The molecule has 0 aliphatic carbocycles. The van der Waals surface area contributed by atoms with Crippen LogP contribution >= 0.6 is 0 Å². The van der Waals surface area contributed by atoms with Crippen molar-refractivity contribution in [2.75, 3.05) is 7.11 Å². The van der Waals surface area contributed by atoms with Gasteiger partial charge in [-0.05, 0) is 23.3 Å². The Kier molecular flexibility index (Phi) is 5.48. The number of oxime groups is 1. The zero-order chi connectivity index (χ0) is 20.4. The normalized spacial score (nSPS) is 19.2. The van der Waals surface area contributed by atoms with Crippen LogP contribution in [0.4, 0.5) is 13.2 Å². The van der Waals surface area contributed by atoms with Gasteiger partial charge < -0.3 is 25.1 Å². The van der Waals surface area contributed by atoms with E-state index in [1.807, 2.05) is 12.1 Å². The van der Waals surface area contributed by atoms with E-state index in [1.54, 1.807) is 24.3 Å².